The first-order chi connectivity index (χ1) is 12.2. The molecule has 0 N–H and O–H groups in total. The minimum Gasteiger partial charge on any atom is -0.289 e. The van der Waals surface area contributed by atoms with Gasteiger partial charge in [-0.1, -0.05) is 67.6 Å². The summed E-state index contributed by atoms with van der Waals surface area (Å²) in [6.07, 6.45) is 1.49. The number of carbonyl (C=O) groups is 2. The fourth-order valence-electron chi connectivity index (χ4n) is 3.63. The van der Waals surface area contributed by atoms with Gasteiger partial charge in [0.05, 0.1) is 0 Å². The highest BCUT2D eigenvalue weighted by molar-refractivity contribution is 6.29. The summed E-state index contributed by atoms with van der Waals surface area (Å²) < 4.78 is 0. The van der Waals surface area contributed by atoms with E-state index in [9.17, 15) is 9.59 Å². The second-order valence-corrected chi connectivity index (χ2v) is 6.35. The van der Waals surface area contributed by atoms with Crippen LogP contribution in [0.25, 0.3) is 0 Å². The van der Waals surface area contributed by atoms with Gasteiger partial charge in [-0.25, -0.2) is 0 Å². The summed E-state index contributed by atoms with van der Waals surface area (Å²) in [5.41, 5.74) is 5.41. The maximum atomic E-state index is 13.2. The Labute approximate surface area is 147 Å². The molecule has 2 nitrogen and oxygen atoms in total. The first-order valence-corrected chi connectivity index (χ1v) is 8.57. The van der Waals surface area contributed by atoms with Crippen LogP contribution in [0, 0.1) is 0 Å². The zero-order valence-corrected chi connectivity index (χ0v) is 14.1. The predicted octanol–water partition coefficient (Wildman–Crippen LogP) is 4.62. The number of ketones is 2. The van der Waals surface area contributed by atoms with Crippen LogP contribution in [0.3, 0.4) is 0 Å². The van der Waals surface area contributed by atoms with Gasteiger partial charge in [0.1, 0.15) is 0 Å². The van der Waals surface area contributed by atoms with E-state index in [1.54, 1.807) is 18.2 Å². The molecule has 4 rings (SSSR count). The Hall–Kier alpha value is -3.00. The van der Waals surface area contributed by atoms with Gasteiger partial charge in [-0.3, -0.25) is 9.59 Å². The lowest BCUT2D eigenvalue weighted by atomic mass is 9.79. The van der Waals surface area contributed by atoms with Crippen LogP contribution in [0.4, 0.5) is 0 Å². The van der Waals surface area contributed by atoms with E-state index in [4.69, 9.17) is 0 Å². The fraction of sp³-hybridized carbons (Fsp3) is 0.130. The average Bonchev–Trinajstić information content (AvgIpc) is 2.66. The third-order valence-electron chi connectivity index (χ3n) is 4.90. The molecule has 0 amide bonds. The average molecular weight is 326 g/mol. The number of aryl methyl sites for hydroxylation is 1. The van der Waals surface area contributed by atoms with Crippen LogP contribution < -0.4 is 0 Å². The number of hydrogen-bond acceptors (Lipinski definition) is 2. The molecule has 0 atom stereocenters. The lowest BCUT2D eigenvalue weighted by molar-refractivity contribution is 0.0978. The smallest absolute Gasteiger partial charge is 0.194 e. The van der Waals surface area contributed by atoms with Crippen molar-refractivity contribution in [2.75, 3.05) is 0 Å². The van der Waals surface area contributed by atoms with Crippen molar-refractivity contribution in [2.24, 2.45) is 0 Å². The maximum Gasteiger partial charge on any atom is 0.194 e. The predicted molar refractivity (Wildman–Crippen MR) is 98.4 cm³/mol. The lowest BCUT2D eigenvalue weighted by Crippen LogP contribution is -2.23. The quantitative estimate of drug-likeness (QED) is 0.551. The zero-order chi connectivity index (χ0) is 17.4. The van der Waals surface area contributed by atoms with Gasteiger partial charge in [-0.2, -0.15) is 0 Å². The van der Waals surface area contributed by atoms with Crippen molar-refractivity contribution in [1.82, 2.24) is 0 Å². The van der Waals surface area contributed by atoms with Crippen LogP contribution in [-0.2, 0) is 12.8 Å². The van der Waals surface area contributed by atoms with Crippen LogP contribution >= 0.6 is 0 Å². The Morgan fingerprint density at radius 2 is 1.32 bits per heavy atom. The van der Waals surface area contributed by atoms with Crippen molar-refractivity contribution >= 4 is 11.6 Å². The van der Waals surface area contributed by atoms with Crippen molar-refractivity contribution in [3.8, 4) is 0 Å². The van der Waals surface area contributed by atoms with Gasteiger partial charge < -0.3 is 0 Å². The van der Waals surface area contributed by atoms with Crippen molar-refractivity contribution in [3.05, 3.63) is 106 Å². The van der Waals surface area contributed by atoms with Gasteiger partial charge in [0.25, 0.3) is 0 Å². The molecule has 1 aliphatic rings. The maximum absolute atomic E-state index is 13.2. The summed E-state index contributed by atoms with van der Waals surface area (Å²) in [7, 11) is 0. The third kappa shape index (κ3) is 2.51. The minimum atomic E-state index is -0.0536. The van der Waals surface area contributed by atoms with Crippen molar-refractivity contribution in [1.29, 1.82) is 0 Å². The highest BCUT2D eigenvalue weighted by Crippen LogP contribution is 2.32. The van der Waals surface area contributed by atoms with Crippen LogP contribution in [0.2, 0.25) is 0 Å². The highest BCUT2D eigenvalue weighted by atomic mass is 16.1. The molecule has 122 valence electrons. The van der Waals surface area contributed by atoms with E-state index in [-0.39, 0.29) is 11.6 Å². The van der Waals surface area contributed by atoms with Crippen molar-refractivity contribution < 1.29 is 9.59 Å². The van der Waals surface area contributed by atoms with E-state index in [2.05, 4.69) is 19.1 Å². The number of hydrogen-bond donors (Lipinski definition) is 0. The molecule has 0 radical (unpaired) electrons. The molecular weight excluding hydrogens is 308 g/mol. The Morgan fingerprint density at radius 1 is 0.680 bits per heavy atom. The monoisotopic (exact) mass is 326 g/mol. The van der Waals surface area contributed by atoms with Gasteiger partial charge in [-0.05, 0) is 35.6 Å². The third-order valence-corrected chi connectivity index (χ3v) is 4.90. The van der Waals surface area contributed by atoms with E-state index < -0.39 is 0 Å². The molecular formula is C23H18O2. The van der Waals surface area contributed by atoms with E-state index >= 15 is 0 Å². The van der Waals surface area contributed by atoms with E-state index in [0.29, 0.717) is 28.7 Å². The van der Waals surface area contributed by atoms with Gasteiger partial charge >= 0.3 is 0 Å². The van der Waals surface area contributed by atoms with Gasteiger partial charge in [-0.15, -0.1) is 0 Å². The zero-order valence-electron chi connectivity index (χ0n) is 14.1. The number of carbonyl (C=O) groups excluding carboxylic acids is 2. The van der Waals surface area contributed by atoms with Crippen LogP contribution in [0.5, 0.6) is 0 Å². The first kappa shape index (κ1) is 15.5. The molecule has 1 aliphatic carbocycles. The van der Waals surface area contributed by atoms with E-state index in [0.717, 1.165) is 23.1 Å². The van der Waals surface area contributed by atoms with Gasteiger partial charge in [0, 0.05) is 22.3 Å². The SMILES string of the molecule is CCc1ccc2c(c1Cc1ccccc1)C(=O)c1ccccc1C2=O. The van der Waals surface area contributed by atoms with Crippen molar-refractivity contribution in [2.45, 2.75) is 19.8 Å². The molecule has 0 saturated carbocycles. The lowest BCUT2D eigenvalue weighted by Gasteiger charge is -2.22. The Kier molecular flexibility index (Phi) is 3.81. The first-order valence-electron chi connectivity index (χ1n) is 8.57. The van der Waals surface area contributed by atoms with Crippen molar-refractivity contribution in [3.63, 3.8) is 0 Å². The van der Waals surface area contributed by atoms with Gasteiger partial charge in [0.15, 0.2) is 11.6 Å². The molecule has 0 unspecified atom stereocenters. The molecule has 0 heterocycles. The Bertz CT molecular complexity index is 984. The fourth-order valence-corrected chi connectivity index (χ4v) is 3.63. The van der Waals surface area contributed by atoms with Crippen LogP contribution in [-0.4, -0.2) is 11.6 Å². The number of benzene rings is 3. The molecule has 25 heavy (non-hydrogen) atoms. The number of fused-ring (bicyclic) bond motifs is 2. The Balaban J connectivity index is 1.93. The highest BCUT2D eigenvalue weighted by Gasteiger charge is 2.32. The molecule has 0 fully saturated rings. The molecule has 0 spiro atoms. The molecule has 0 aliphatic heterocycles. The summed E-state index contributed by atoms with van der Waals surface area (Å²) in [5, 5.41) is 0. The second kappa shape index (κ2) is 6.14. The Morgan fingerprint density at radius 3 is 2.00 bits per heavy atom. The van der Waals surface area contributed by atoms with Gasteiger partial charge in [0.2, 0.25) is 0 Å². The summed E-state index contributed by atoms with van der Waals surface area (Å²) in [4.78, 5) is 26.1. The second-order valence-electron chi connectivity index (χ2n) is 6.35. The van der Waals surface area contributed by atoms with E-state index in [1.165, 1.54) is 0 Å². The molecule has 0 saturated heterocycles. The number of rotatable bonds is 3. The van der Waals surface area contributed by atoms with Crippen LogP contribution in [0.1, 0.15) is 55.5 Å². The normalized spacial score (nSPS) is 12.7. The molecule has 3 aromatic rings. The molecule has 3 aromatic carbocycles. The molecule has 0 aromatic heterocycles. The topological polar surface area (TPSA) is 34.1 Å². The largest absolute Gasteiger partial charge is 0.289 e. The molecule has 0 bridgehead atoms. The molecule has 2 heteroatoms. The van der Waals surface area contributed by atoms with E-state index in [1.807, 2.05) is 36.4 Å². The minimum absolute atomic E-state index is 0.0357. The summed E-state index contributed by atoms with van der Waals surface area (Å²) in [6, 6.07) is 21.0. The summed E-state index contributed by atoms with van der Waals surface area (Å²) >= 11 is 0. The standard InChI is InChI=1S/C23H18O2/c1-2-16-12-13-19-21(20(16)14-15-8-4-3-5-9-15)23(25)18-11-7-6-10-17(18)22(19)24/h3-13H,2,14H2,1H3. The summed E-state index contributed by atoms with van der Waals surface area (Å²) in [5.74, 6) is -0.0893. The van der Waals surface area contributed by atoms with Crippen LogP contribution in [0.15, 0.2) is 66.7 Å². The summed E-state index contributed by atoms with van der Waals surface area (Å²) in [6.45, 7) is 2.08.